The van der Waals surface area contributed by atoms with Crippen LogP contribution in [0.1, 0.15) is 5.69 Å². The summed E-state index contributed by atoms with van der Waals surface area (Å²) in [4.78, 5) is 11.7. The lowest BCUT2D eigenvalue weighted by atomic mass is 10.3. The summed E-state index contributed by atoms with van der Waals surface area (Å²) < 4.78 is 18.3. The highest BCUT2D eigenvalue weighted by molar-refractivity contribution is 7.84. The van der Waals surface area contributed by atoms with Crippen molar-refractivity contribution in [3.8, 4) is 11.5 Å². The molecule has 1 atom stereocenters. The molecule has 0 saturated carbocycles. The van der Waals surface area contributed by atoms with E-state index in [1.165, 1.54) is 0 Å². The Kier molecular flexibility index (Phi) is 4.52. The van der Waals surface area contributed by atoms with Crippen LogP contribution in [0.3, 0.4) is 0 Å². The fraction of sp³-hybridized carbons (Fsp3) is 0.0588. The molecule has 1 aromatic carbocycles. The van der Waals surface area contributed by atoms with Gasteiger partial charge >= 0.3 is 0 Å². The molecule has 5 nitrogen and oxygen atoms in total. The maximum Gasteiger partial charge on any atom is 0.197 e. The van der Waals surface area contributed by atoms with E-state index in [0.29, 0.717) is 27.4 Å². The van der Waals surface area contributed by atoms with Gasteiger partial charge in [-0.15, -0.1) is 11.3 Å². The molecule has 0 fully saturated rings. The quantitative estimate of drug-likeness (QED) is 0.533. The second-order valence-electron chi connectivity index (χ2n) is 5.24. The van der Waals surface area contributed by atoms with Crippen LogP contribution in [0, 0.1) is 0 Å². The van der Waals surface area contributed by atoms with Crippen molar-refractivity contribution in [2.75, 3.05) is 0 Å². The molecule has 126 valence electrons. The zero-order valence-corrected chi connectivity index (χ0v) is 15.2. The van der Waals surface area contributed by atoms with Gasteiger partial charge in [0, 0.05) is 28.0 Å². The van der Waals surface area contributed by atoms with Crippen molar-refractivity contribution < 1.29 is 8.95 Å². The Morgan fingerprint density at radius 1 is 1.16 bits per heavy atom. The Labute approximate surface area is 155 Å². The minimum Gasteiger partial charge on any atom is -0.457 e. The molecule has 0 saturated heterocycles. The second kappa shape index (κ2) is 6.95. The summed E-state index contributed by atoms with van der Waals surface area (Å²) in [6, 6.07) is 10.6. The van der Waals surface area contributed by atoms with Gasteiger partial charge in [-0.2, -0.15) is 0 Å². The topological polar surface area (TPSA) is 67.9 Å². The highest BCUT2D eigenvalue weighted by Crippen LogP contribution is 2.24. The molecule has 4 aromatic rings. The molecule has 3 aromatic heterocycles. The van der Waals surface area contributed by atoms with Gasteiger partial charge in [0.1, 0.15) is 17.0 Å². The number of benzene rings is 1. The van der Waals surface area contributed by atoms with Gasteiger partial charge in [-0.1, -0.05) is 11.6 Å². The number of aromatic nitrogens is 3. The lowest BCUT2D eigenvalue weighted by Gasteiger charge is -2.07. The van der Waals surface area contributed by atoms with Crippen LogP contribution in [0.2, 0.25) is 5.02 Å². The third kappa shape index (κ3) is 3.73. The molecule has 0 bridgehead atoms. The van der Waals surface area contributed by atoms with Crippen LogP contribution in [0.5, 0.6) is 11.5 Å². The smallest absolute Gasteiger partial charge is 0.197 e. The molecule has 0 radical (unpaired) electrons. The number of ether oxygens (including phenoxy) is 1. The Bertz CT molecular complexity index is 1010. The van der Waals surface area contributed by atoms with Crippen molar-refractivity contribution in [1.82, 2.24) is 15.0 Å². The van der Waals surface area contributed by atoms with E-state index in [0.717, 1.165) is 11.0 Å². The molecule has 1 unspecified atom stereocenters. The van der Waals surface area contributed by atoms with Crippen molar-refractivity contribution in [1.29, 1.82) is 0 Å². The molecule has 3 heterocycles. The molecule has 0 aliphatic rings. The number of thiophene rings is 1. The predicted molar refractivity (Wildman–Crippen MR) is 99.8 cm³/mol. The monoisotopic (exact) mass is 389 g/mol. The number of nitrogens with zero attached hydrogens (tertiary/aromatic N) is 2. The summed E-state index contributed by atoms with van der Waals surface area (Å²) in [5.41, 5.74) is 2.41. The van der Waals surface area contributed by atoms with Gasteiger partial charge in [0.05, 0.1) is 27.8 Å². The standard InChI is InChI=1S/C17H12ClN3O2S2/c18-11-1-3-13(4-2-11)23-14-5-6-19-12(7-14)10-25(22)17-20-15-8-24-9-16(15)21-17/h1-9H,10H2,(H,20,21). The fourth-order valence-electron chi connectivity index (χ4n) is 2.27. The summed E-state index contributed by atoms with van der Waals surface area (Å²) in [5, 5.41) is 4.98. The van der Waals surface area contributed by atoms with E-state index in [9.17, 15) is 4.21 Å². The lowest BCUT2D eigenvalue weighted by Crippen LogP contribution is -2.01. The second-order valence-corrected chi connectivity index (χ2v) is 7.79. The third-order valence-electron chi connectivity index (χ3n) is 3.44. The third-order valence-corrected chi connectivity index (χ3v) is 5.60. The zero-order chi connectivity index (χ0) is 17.2. The van der Waals surface area contributed by atoms with Gasteiger partial charge in [-0.25, -0.2) is 4.98 Å². The van der Waals surface area contributed by atoms with Gasteiger partial charge in [0.2, 0.25) is 0 Å². The Hall–Kier alpha value is -2.22. The van der Waals surface area contributed by atoms with Crippen molar-refractivity contribution in [2.45, 2.75) is 10.9 Å². The summed E-state index contributed by atoms with van der Waals surface area (Å²) in [7, 11) is -1.30. The van der Waals surface area contributed by atoms with Gasteiger partial charge < -0.3 is 9.72 Å². The minimum atomic E-state index is -1.30. The SMILES string of the molecule is O=S(Cc1cc(Oc2ccc(Cl)cc2)ccn1)c1nc2cscc2[nH]1. The Morgan fingerprint density at radius 3 is 2.80 bits per heavy atom. The van der Waals surface area contributed by atoms with Crippen LogP contribution in [0.15, 0.2) is 58.5 Å². The first-order valence-corrected chi connectivity index (χ1v) is 10.00. The first kappa shape index (κ1) is 16.3. The van der Waals surface area contributed by atoms with Crippen LogP contribution >= 0.6 is 22.9 Å². The van der Waals surface area contributed by atoms with Crippen LogP contribution in [-0.2, 0) is 16.6 Å². The van der Waals surface area contributed by atoms with Crippen molar-refractivity contribution in [3.05, 3.63) is 64.1 Å². The number of hydrogen-bond donors (Lipinski definition) is 1. The highest BCUT2D eigenvalue weighted by atomic mass is 35.5. The number of pyridine rings is 1. The Morgan fingerprint density at radius 2 is 2.00 bits per heavy atom. The van der Waals surface area contributed by atoms with Crippen LogP contribution in [0.25, 0.3) is 11.0 Å². The highest BCUT2D eigenvalue weighted by Gasteiger charge is 2.12. The van der Waals surface area contributed by atoms with Crippen molar-refractivity contribution in [3.63, 3.8) is 0 Å². The molecule has 0 amide bonds. The normalized spacial score (nSPS) is 12.4. The van der Waals surface area contributed by atoms with Crippen LogP contribution in [0.4, 0.5) is 0 Å². The van der Waals surface area contributed by atoms with Crippen molar-refractivity contribution >= 4 is 44.8 Å². The van der Waals surface area contributed by atoms with E-state index in [4.69, 9.17) is 16.3 Å². The molecular formula is C17H12ClN3O2S2. The first-order valence-electron chi connectivity index (χ1n) is 7.36. The molecule has 1 N–H and O–H groups in total. The van der Waals surface area contributed by atoms with E-state index in [1.54, 1.807) is 53.9 Å². The number of H-pyrrole nitrogens is 1. The number of hydrogen-bond acceptors (Lipinski definition) is 5. The largest absolute Gasteiger partial charge is 0.457 e. The molecule has 0 aliphatic heterocycles. The lowest BCUT2D eigenvalue weighted by molar-refractivity contribution is 0.481. The summed E-state index contributed by atoms with van der Waals surface area (Å²) in [5.74, 6) is 1.57. The number of aromatic amines is 1. The van der Waals surface area contributed by atoms with Crippen molar-refractivity contribution in [2.24, 2.45) is 0 Å². The number of fused-ring (bicyclic) bond motifs is 1. The van der Waals surface area contributed by atoms with E-state index >= 15 is 0 Å². The average molecular weight is 390 g/mol. The maximum absolute atomic E-state index is 12.5. The van der Waals surface area contributed by atoms with E-state index in [2.05, 4.69) is 15.0 Å². The van der Waals surface area contributed by atoms with Gasteiger partial charge in [-0.05, 0) is 30.3 Å². The predicted octanol–water partition coefficient (Wildman–Crippen LogP) is 4.77. The van der Waals surface area contributed by atoms with Gasteiger partial charge in [-0.3, -0.25) is 9.19 Å². The molecule has 8 heteroatoms. The number of imidazole rings is 1. The van der Waals surface area contributed by atoms with Crippen LogP contribution in [-0.4, -0.2) is 19.2 Å². The first-order chi connectivity index (χ1) is 12.2. The zero-order valence-electron chi connectivity index (χ0n) is 12.8. The summed E-state index contributed by atoms with van der Waals surface area (Å²) in [6.07, 6.45) is 1.64. The molecule has 0 aliphatic carbocycles. The van der Waals surface area contributed by atoms with Gasteiger partial charge in [0.15, 0.2) is 5.16 Å². The number of rotatable bonds is 5. The molecule has 0 spiro atoms. The van der Waals surface area contributed by atoms with E-state index in [-0.39, 0.29) is 5.75 Å². The van der Waals surface area contributed by atoms with Gasteiger partial charge in [0.25, 0.3) is 0 Å². The summed E-state index contributed by atoms with van der Waals surface area (Å²) in [6.45, 7) is 0. The molecular weight excluding hydrogens is 378 g/mol. The summed E-state index contributed by atoms with van der Waals surface area (Å²) >= 11 is 7.43. The van der Waals surface area contributed by atoms with Crippen LogP contribution < -0.4 is 4.74 Å². The Balaban J connectivity index is 1.49. The minimum absolute atomic E-state index is 0.261. The number of halogens is 1. The fourth-order valence-corrected chi connectivity index (χ4v) is 4.08. The maximum atomic E-state index is 12.5. The van der Waals surface area contributed by atoms with E-state index < -0.39 is 10.8 Å². The molecule has 25 heavy (non-hydrogen) atoms. The number of nitrogens with one attached hydrogen (secondary N) is 1. The average Bonchev–Trinajstić information content (AvgIpc) is 3.19. The van der Waals surface area contributed by atoms with E-state index in [1.807, 2.05) is 10.8 Å². The molecule has 4 rings (SSSR count).